The molecule has 0 radical (unpaired) electrons. The normalized spacial score (nSPS) is 22.1. The van der Waals surface area contributed by atoms with Gasteiger partial charge in [-0.2, -0.15) is 0 Å². The van der Waals surface area contributed by atoms with Gasteiger partial charge in [0.1, 0.15) is 10.8 Å². The third kappa shape index (κ3) is 3.37. The van der Waals surface area contributed by atoms with E-state index in [1.807, 2.05) is 12.3 Å². The molecule has 1 aliphatic carbocycles. The van der Waals surface area contributed by atoms with Crippen LogP contribution in [0.25, 0.3) is 0 Å². The lowest BCUT2D eigenvalue weighted by Crippen LogP contribution is -2.41. The van der Waals surface area contributed by atoms with Gasteiger partial charge in [-0.25, -0.2) is 9.97 Å². The topological polar surface area (TPSA) is 67.9 Å². The van der Waals surface area contributed by atoms with Gasteiger partial charge in [-0.3, -0.25) is 4.98 Å². The van der Waals surface area contributed by atoms with Gasteiger partial charge in [0, 0.05) is 30.4 Å². The maximum Gasteiger partial charge on any atom is 0.158 e. The number of halogens is 1. The molecule has 2 aliphatic rings. The Hall–Kier alpha value is -1.53. The summed E-state index contributed by atoms with van der Waals surface area (Å²) in [6.45, 7) is 4.51. The van der Waals surface area contributed by atoms with E-state index in [1.165, 1.54) is 43.9 Å². The fourth-order valence-electron chi connectivity index (χ4n) is 4.40. The number of nitrogens with zero attached hydrogens (tertiary/aromatic N) is 4. The van der Waals surface area contributed by atoms with Crippen molar-refractivity contribution in [3.05, 3.63) is 29.7 Å². The number of rotatable bonds is 3. The summed E-state index contributed by atoms with van der Waals surface area (Å²) in [5.41, 5.74) is 6.74. The zero-order valence-corrected chi connectivity index (χ0v) is 16.6. The van der Waals surface area contributed by atoms with Crippen LogP contribution < -0.4 is 10.6 Å². The summed E-state index contributed by atoms with van der Waals surface area (Å²) in [4.78, 5) is 16.4. The number of nitrogens with two attached hydrogens (primary N) is 1. The van der Waals surface area contributed by atoms with E-state index in [0.29, 0.717) is 21.3 Å². The lowest BCUT2D eigenvalue weighted by atomic mass is 9.71. The lowest BCUT2D eigenvalue weighted by Gasteiger charge is -2.42. The summed E-state index contributed by atoms with van der Waals surface area (Å²) in [6, 6.07) is 1.86. The second-order valence-corrected chi connectivity index (χ2v) is 8.91. The molecule has 4 rings (SSSR count). The molecule has 1 aliphatic heterocycles. The van der Waals surface area contributed by atoms with Crippen molar-refractivity contribution in [2.45, 2.75) is 48.9 Å². The maximum atomic E-state index is 6.18. The van der Waals surface area contributed by atoms with Crippen molar-refractivity contribution in [1.82, 2.24) is 15.0 Å². The Morgan fingerprint density at radius 3 is 2.73 bits per heavy atom. The van der Waals surface area contributed by atoms with Crippen molar-refractivity contribution >= 4 is 35.0 Å². The van der Waals surface area contributed by atoms with E-state index in [9.17, 15) is 0 Å². The quantitative estimate of drug-likeness (QED) is 0.822. The van der Waals surface area contributed by atoms with Gasteiger partial charge >= 0.3 is 0 Å². The summed E-state index contributed by atoms with van der Waals surface area (Å²) >= 11 is 7.59. The Kier molecular flexibility index (Phi) is 4.97. The standard InChI is InChI=1S/C19H24ClN5S/c1-13-3-2-5-19(13)6-9-25(10-7-19)16-12-23-18(17(21)24-16)26-15-4-8-22-11-14(15)20/h4,8,11-13H,2-3,5-7,9-10H2,1H3,(H2,21,24)/t13-/m1/s1. The minimum Gasteiger partial charge on any atom is -0.381 e. The summed E-state index contributed by atoms with van der Waals surface area (Å²) in [7, 11) is 0. The molecule has 3 heterocycles. The Bertz CT molecular complexity index is 791. The van der Waals surface area contributed by atoms with E-state index in [-0.39, 0.29) is 0 Å². The zero-order valence-electron chi connectivity index (χ0n) is 15.0. The van der Waals surface area contributed by atoms with Gasteiger partial charge in [-0.15, -0.1) is 0 Å². The van der Waals surface area contributed by atoms with Crippen molar-refractivity contribution in [3.63, 3.8) is 0 Å². The average Bonchev–Trinajstić information content (AvgIpc) is 2.99. The van der Waals surface area contributed by atoms with Gasteiger partial charge in [-0.1, -0.05) is 43.1 Å². The predicted molar refractivity (Wildman–Crippen MR) is 107 cm³/mol. The van der Waals surface area contributed by atoms with E-state index in [0.717, 1.165) is 29.7 Å². The monoisotopic (exact) mass is 389 g/mol. The number of aromatic nitrogens is 3. The second-order valence-electron chi connectivity index (χ2n) is 7.47. The van der Waals surface area contributed by atoms with Crippen LogP contribution in [0.5, 0.6) is 0 Å². The van der Waals surface area contributed by atoms with Crippen molar-refractivity contribution in [1.29, 1.82) is 0 Å². The SMILES string of the molecule is C[C@@H]1CCCC12CCN(c1cnc(Sc3ccncc3Cl)c(N)n1)CC2. The Morgan fingerprint density at radius 2 is 2.08 bits per heavy atom. The molecule has 1 saturated carbocycles. The largest absolute Gasteiger partial charge is 0.381 e. The van der Waals surface area contributed by atoms with E-state index in [1.54, 1.807) is 12.4 Å². The molecule has 7 heteroatoms. The molecule has 1 saturated heterocycles. The summed E-state index contributed by atoms with van der Waals surface area (Å²) < 4.78 is 0. The van der Waals surface area contributed by atoms with Crippen LogP contribution >= 0.6 is 23.4 Å². The highest BCUT2D eigenvalue weighted by atomic mass is 35.5. The molecule has 0 aromatic carbocycles. The zero-order chi connectivity index (χ0) is 18.1. The molecule has 26 heavy (non-hydrogen) atoms. The van der Waals surface area contributed by atoms with Crippen LogP contribution in [0.4, 0.5) is 11.6 Å². The van der Waals surface area contributed by atoms with E-state index in [2.05, 4.69) is 26.8 Å². The predicted octanol–water partition coefficient (Wildman–Crippen LogP) is 4.67. The molecule has 2 fully saturated rings. The minimum absolute atomic E-state index is 0.454. The second kappa shape index (κ2) is 7.24. The number of pyridine rings is 1. The average molecular weight is 390 g/mol. The van der Waals surface area contributed by atoms with Crippen molar-refractivity contribution in [3.8, 4) is 0 Å². The van der Waals surface area contributed by atoms with Gasteiger partial charge in [0.25, 0.3) is 0 Å². The molecule has 1 spiro atoms. The fraction of sp³-hybridized carbons (Fsp3) is 0.526. The fourth-order valence-corrected chi connectivity index (χ4v) is 5.38. The van der Waals surface area contributed by atoms with Gasteiger partial charge in [0.05, 0.1) is 11.2 Å². The highest BCUT2D eigenvalue weighted by molar-refractivity contribution is 7.99. The van der Waals surface area contributed by atoms with Crippen LogP contribution in [0.1, 0.15) is 39.0 Å². The molecular weight excluding hydrogens is 366 g/mol. The molecule has 0 unspecified atom stereocenters. The highest BCUT2D eigenvalue weighted by Crippen LogP contribution is 2.50. The van der Waals surface area contributed by atoms with Crippen LogP contribution in [0.2, 0.25) is 5.02 Å². The van der Waals surface area contributed by atoms with E-state index >= 15 is 0 Å². The van der Waals surface area contributed by atoms with E-state index in [4.69, 9.17) is 17.3 Å². The highest BCUT2D eigenvalue weighted by Gasteiger charge is 2.42. The number of hydrogen-bond donors (Lipinski definition) is 1. The van der Waals surface area contributed by atoms with Crippen LogP contribution in [0.3, 0.4) is 0 Å². The number of piperidine rings is 1. The minimum atomic E-state index is 0.454. The van der Waals surface area contributed by atoms with Crippen molar-refractivity contribution in [2.24, 2.45) is 11.3 Å². The third-order valence-corrected chi connectivity index (χ3v) is 7.63. The van der Waals surface area contributed by atoms with Crippen molar-refractivity contribution < 1.29 is 0 Å². The van der Waals surface area contributed by atoms with Crippen LogP contribution in [-0.2, 0) is 0 Å². The molecule has 138 valence electrons. The molecular formula is C19H24ClN5S. The molecule has 0 amide bonds. The smallest absolute Gasteiger partial charge is 0.158 e. The first kappa shape index (κ1) is 17.9. The molecule has 2 aromatic heterocycles. The first-order valence-corrected chi connectivity index (χ1v) is 10.4. The molecule has 1 atom stereocenters. The number of nitrogen functional groups attached to an aromatic ring is 1. The van der Waals surface area contributed by atoms with Crippen LogP contribution in [-0.4, -0.2) is 28.0 Å². The first-order valence-electron chi connectivity index (χ1n) is 9.22. The lowest BCUT2D eigenvalue weighted by molar-refractivity contribution is 0.161. The van der Waals surface area contributed by atoms with Gasteiger partial charge < -0.3 is 10.6 Å². The van der Waals surface area contributed by atoms with Gasteiger partial charge in [0.15, 0.2) is 5.82 Å². The van der Waals surface area contributed by atoms with E-state index < -0.39 is 0 Å². The third-order valence-electron chi connectivity index (χ3n) is 6.13. The van der Waals surface area contributed by atoms with Gasteiger partial charge in [0.2, 0.25) is 0 Å². The molecule has 5 nitrogen and oxygen atoms in total. The summed E-state index contributed by atoms with van der Waals surface area (Å²) in [6.07, 6.45) is 11.8. The number of hydrogen-bond acceptors (Lipinski definition) is 6. The van der Waals surface area contributed by atoms with Crippen LogP contribution in [0.15, 0.2) is 34.6 Å². The summed E-state index contributed by atoms with van der Waals surface area (Å²) in [5.74, 6) is 2.19. The molecule has 2 N–H and O–H groups in total. The Labute approximate surface area is 163 Å². The summed E-state index contributed by atoms with van der Waals surface area (Å²) in [5, 5.41) is 1.27. The molecule has 0 bridgehead atoms. The van der Waals surface area contributed by atoms with Gasteiger partial charge in [-0.05, 0) is 36.7 Å². The van der Waals surface area contributed by atoms with Crippen molar-refractivity contribution in [2.75, 3.05) is 23.7 Å². The number of anilines is 2. The Morgan fingerprint density at radius 1 is 1.27 bits per heavy atom. The first-order chi connectivity index (χ1) is 12.6. The van der Waals surface area contributed by atoms with Crippen LogP contribution in [0, 0.1) is 11.3 Å². The molecule has 2 aromatic rings. The maximum absolute atomic E-state index is 6.18. The Balaban J connectivity index is 1.46.